The molecule has 2 rings (SSSR count). The van der Waals surface area contributed by atoms with Crippen molar-refractivity contribution in [3.63, 3.8) is 0 Å². The van der Waals surface area contributed by atoms with E-state index in [1.807, 2.05) is 0 Å². The van der Waals surface area contributed by atoms with Gasteiger partial charge in [-0.05, 0) is 24.3 Å². The molecular formula is C16H14N2O4. The minimum Gasteiger partial charge on any atom is -0.452 e. The molecule has 0 aromatic heterocycles. The molecule has 0 atom stereocenters. The maximum absolute atomic E-state index is 11.7. The fourth-order valence-electron chi connectivity index (χ4n) is 1.61. The first-order valence-electron chi connectivity index (χ1n) is 6.53. The summed E-state index contributed by atoms with van der Waals surface area (Å²) in [6.45, 7) is -0.483. The van der Waals surface area contributed by atoms with Crippen LogP contribution < -0.4 is 10.9 Å². The number of benzene rings is 2. The summed E-state index contributed by atoms with van der Waals surface area (Å²) in [5, 5.41) is 0. The lowest BCUT2D eigenvalue weighted by Gasteiger charge is -2.08. The van der Waals surface area contributed by atoms with E-state index in [9.17, 15) is 14.4 Å². The van der Waals surface area contributed by atoms with Crippen LogP contribution in [-0.2, 0) is 9.53 Å². The number of esters is 1. The van der Waals surface area contributed by atoms with Crippen molar-refractivity contribution >= 4 is 17.8 Å². The number of rotatable bonds is 4. The van der Waals surface area contributed by atoms with E-state index >= 15 is 0 Å². The van der Waals surface area contributed by atoms with E-state index in [0.29, 0.717) is 11.1 Å². The van der Waals surface area contributed by atoms with E-state index in [-0.39, 0.29) is 0 Å². The molecule has 0 heterocycles. The second-order valence-electron chi connectivity index (χ2n) is 4.31. The van der Waals surface area contributed by atoms with Crippen molar-refractivity contribution < 1.29 is 19.1 Å². The van der Waals surface area contributed by atoms with Crippen LogP contribution in [0.5, 0.6) is 0 Å². The molecule has 6 nitrogen and oxygen atoms in total. The fraction of sp³-hybridized carbons (Fsp3) is 0.0625. The molecule has 2 amide bonds. The molecule has 0 aliphatic carbocycles. The Kier molecular flexibility index (Phi) is 5.25. The number of ether oxygens (including phenoxy) is 1. The second kappa shape index (κ2) is 7.58. The van der Waals surface area contributed by atoms with Crippen LogP contribution in [0.3, 0.4) is 0 Å². The van der Waals surface area contributed by atoms with Gasteiger partial charge in [-0.15, -0.1) is 0 Å². The predicted molar refractivity (Wildman–Crippen MR) is 78.8 cm³/mol. The molecule has 0 radical (unpaired) electrons. The highest BCUT2D eigenvalue weighted by Crippen LogP contribution is 2.00. The molecule has 0 bridgehead atoms. The van der Waals surface area contributed by atoms with E-state index in [1.165, 1.54) is 0 Å². The third kappa shape index (κ3) is 4.45. The van der Waals surface area contributed by atoms with Crippen LogP contribution in [0.25, 0.3) is 0 Å². The van der Waals surface area contributed by atoms with Crippen LogP contribution >= 0.6 is 0 Å². The minimum absolute atomic E-state index is 0.351. The molecule has 0 unspecified atom stereocenters. The summed E-state index contributed by atoms with van der Waals surface area (Å²) >= 11 is 0. The second-order valence-corrected chi connectivity index (χ2v) is 4.31. The number of hydrogen-bond acceptors (Lipinski definition) is 4. The molecule has 0 aliphatic rings. The van der Waals surface area contributed by atoms with Crippen molar-refractivity contribution in [3.05, 3.63) is 71.8 Å². The Bertz CT molecular complexity index is 599. The Balaban J connectivity index is 1.74. The molecule has 0 fully saturated rings. The molecule has 0 saturated carbocycles. The van der Waals surface area contributed by atoms with E-state index in [0.717, 1.165) is 0 Å². The first-order valence-corrected chi connectivity index (χ1v) is 6.53. The maximum atomic E-state index is 11.7. The molecule has 6 heteroatoms. The third-order valence-electron chi connectivity index (χ3n) is 2.70. The van der Waals surface area contributed by atoms with Gasteiger partial charge < -0.3 is 4.74 Å². The lowest BCUT2D eigenvalue weighted by atomic mass is 10.2. The van der Waals surface area contributed by atoms with E-state index in [4.69, 9.17) is 4.74 Å². The Morgan fingerprint density at radius 1 is 0.773 bits per heavy atom. The molecular weight excluding hydrogens is 284 g/mol. The van der Waals surface area contributed by atoms with Crippen LogP contribution in [-0.4, -0.2) is 24.4 Å². The zero-order valence-corrected chi connectivity index (χ0v) is 11.6. The van der Waals surface area contributed by atoms with Crippen molar-refractivity contribution in [3.8, 4) is 0 Å². The summed E-state index contributed by atoms with van der Waals surface area (Å²) in [5.41, 5.74) is 5.16. The number of carbonyl (C=O) groups excluding carboxylic acids is 3. The van der Waals surface area contributed by atoms with Gasteiger partial charge in [-0.1, -0.05) is 36.4 Å². The zero-order valence-electron chi connectivity index (χ0n) is 11.6. The molecule has 22 heavy (non-hydrogen) atoms. The standard InChI is InChI=1S/C16H14N2O4/c19-14(11-22-16(21)13-9-5-2-6-10-13)17-18-15(20)12-7-3-1-4-8-12/h1-10H,11H2,(H,17,19)(H,18,20). The lowest BCUT2D eigenvalue weighted by molar-refractivity contribution is -0.125. The van der Waals surface area contributed by atoms with E-state index < -0.39 is 24.4 Å². The maximum Gasteiger partial charge on any atom is 0.338 e. The van der Waals surface area contributed by atoms with Crippen LogP contribution in [0, 0.1) is 0 Å². The Morgan fingerprint density at radius 2 is 1.32 bits per heavy atom. The summed E-state index contributed by atoms with van der Waals surface area (Å²) in [6, 6.07) is 16.7. The molecule has 0 saturated heterocycles. The van der Waals surface area contributed by atoms with Crippen LogP contribution in [0.15, 0.2) is 60.7 Å². The monoisotopic (exact) mass is 298 g/mol. The van der Waals surface area contributed by atoms with Crippen molar-refractivity contribution in [1.82, 2.24) is 10.9 Å². The Hall–Kier alpha value is -3.15. The minimum atomic E-state index is -0.631. The van der Waals surface area contributed by atoms with Crippen molar-refractivity contribution in [2.45, 2.75) is 0 Å². The number of amides is 2. The van der Waals surface area contributed by atoms with E-state index in [1.54, 1.807) is 60.7 Å². The Labute approximate surface area is 127 Å². The van der Waals surface area contributed by atoms with Crippen molar-refractivity contribution in [2.75, 3.05) is 6.61 Å². The number of hydrogen-bond donors (Lipinski definition) is 2. The topological polar surface area (TPSA) is 84.5 Å². The first kappa shape index (κ1) is 15.2. The summed E-state index contributed by atoms with van der Waals surface area (Å²) in [7, 11) is 0. The summed E-state index contributed by atoms with van der Waals surface area (Å²) in [5.74, 6) is -1.69. The third-order valence-corrected chi connectivity index (χ3v) is 2.70. The molecule has 2 N–H and O–H groups in total. The largest absolute Gasteiger partial charge is 0.452 e. The molecule has 2 aromatic carbocycles. The van der Waals surface area contributed by atoms with Gasteiger partial charge in [0.1, 0.15) is 0 Å². The molecule has 2 aromatic rings. The highest BCUT2D eigenvalue weighted by Gasteiger charge is 2.10. The van der Waals surface area contributed by atoms with Gasteiger partial charge in [0, 0.05) is 5.56 Å². The van der Waals surface area contributed by atoms with Crippen LogP contribution in [0.1, 0.15) is 20.7 Å². The quantitative estimate of drug-likeness (QED) is 0.658. The predicted octanol–water partition coefficient (Wildman–Crippen LogP) is 1.30. The molecule has 0 spiro atoms. The smallest absolute Gasteiger partial charge is 0.338 e. The average molecular weight is 298 g/mol. The van der Waals surface area contributed by atoms with Gasteiger partial charge in [-0.2, -0.15) is 0 Å². The normalized spacial score (nSPS) is 9.64. The highest BCUT2D eigenvalue weighted by molar-refractivity contribution is 5.96. The highest BCUT2D eigenvalue weighted by atomic mass is 16.5. The van der Waals surface area contributed by atoms with Crippen LogP contribution in [0.4, 0.5) is 0 Å². The summed E-state index contributed by atoms with van der Waals surface area (Å²) < 4.78 is 4.83. The van der Waals surface area contributed by atoms with Crippen molar-refractivity contribution in [2.24, 2.45) is 0 Å². The number of nitrogens with one attached hydrogen (secondary N) is 2. The van der Waals surface area contributed by atoms with Gasteiger partial charge in [-0.25, -0.2) is 4.79 Å². The van der Waals surface area contributed by atoms with Gasteiger partial charge in [0.05, 0.1) is 5.56 Å². The van der Waals surface area contributed by atoms with Crippen molar-refractivity contribution in [1.29, 1.82) is 0 Å². The van der Waals surface area contributed by atoms with Gasteiger partial charge in [-0.3, -0.25) is 20.4 Å². The average Bonchev–Trinajstić information content (AvgIpc) is 2.59. The first-order chi connectivity index (χ1) is 10.7. The van der Waals surface area contributed by atoms with Crippen LogP contribution in [0.2, 0.25) is 0 Å². The van der Waals surface area contributed by atoms with Gasteiger partial charge >= 0.3 is 5.97 Å². The fourth-order valence-corrected chi connectivity index (χ4v) is 1.61. The Morgan fingerprint density at radius 3 is 1.91 bits per heavy atom. The zero-order chi connectivity index (χ0) is 15.8. The SMILES string of the molecule is O=C(COC(=O)c1ccccc1)NNC(=O)c1ccccc1. The van der Waals surface area contributed by atoms with Gasteiger partial charge in [0.15, 0.2) is 6.61 Å². The number of carbonyl (C=O) groups is 3. The summed E-state index contributed by atoms with van der Waals surface area (Å²) in [4.78, 5) is 34.8. The molecule has 112 valence electrons. The van der Waals surface area contributed by atoms with E-state index in [2.05, 4.69) is 10.9 Å². The lowest BCUT2D eigenvalue weighted by Crippen LogP contribution is -2.43. The molecule has 0 aliphatic heterocycles. The van der Waals surface area contributed by atoms with Gasteiger partial charge in [0.25, 0.3) is 11.8 Å². The van der Waals surface area contributed by atoms with Gasteiger partial charge in [0.2, 0.25) is 0 Å². The summed E-state index contributed by atoms with van der Waals surface area (Å²) in [6.07, 6.45) is 0. The number of hydrazine groups is 1.